The third-order valence-electron chi connectivity index (χ3n) is 2.91. The summed E-state index contributed by atoms with van der Waals surface area (Å²) >= 11 is 5.98. The van der Waals surface area contributed by atoms with Crippen molar-refractivity contribution < 1.29 is 9.90 Å². The first kappa shape index (κ1) is 13.6. The molecule has 0 aliphatic carbocycles. The molecule has 0 saturated carbocycles. The average molecular weight is 276 g/mol. The molecule has 0 amide bonds. The number of rotatable bonds is 4. The summed E-state index contributed by atoms with van der Waals surface area (Å²) in [4.78, 5) is 10.9. The molecule has 0 aliphatic heterocycles. The molecule has 2 aromatic rings. The average Bonchev–Trinajstić information content (AvgIpc) is 2.39. The maximum Gasteiger partial charge on any atom is 0.320 e. The third kappa shape index (κ3) is 3.34. The Bertz CT molecular complexity index is 584. The second kappa shape index (κ2) is 5.87. The molecule has 3 nitrogen and oxygen atoms in total. The summed E-state index contributed by atoms with van der Waals surface area (Å²) in [6, 6.07) is 14.3. The van der Waals surface area contributed by atoms with Crippen LogP contribution in [-0.4, -0.2) is 17.1 Å². The molecule has 98 valence electrons. The van der Waals surface area contributed by atoms with Crippen molar-refractivity contribution in [2.45, 2.75) is 12.5 Å². The van der Waals surface area contributed by atoms with Crippen LogP contribution in [0.4, 0.5) is 0 Å². The van der Waals surface area contributed by atoms with Crippen LogP contribution in [0.5, 0.6) is 0 Å². The lowest BCUT2D eigenvalue weighted by Crippen LogP contribution is -2.32. The van der Waals surface area contributed by atoms with Gasteiger partial charge in [0.1, 0.15) is 6.04 Å². The summed E-state index contributed by atoms with van der Waals surface area (Å²) in [6.07, 6.45) is 0.250. The fourth-order valence-electron chi connectivity index (χ4n) is 1.95. The molecule has 2 aromatic carbocycles. The van der Waals surface area contributed by atoms with Crippen molar-refractivity contribution in [2.75, 3.05) is 0 Å². The van der Waals surface area contributed by atoms with Crippen molar-refractivity contribution in [2.24, 2.45) is 5.73 Å². The van der Waals surface area contributed by atoms with Gasteiger partial charge in [0.2, 0.25) is 0 Å². The van der Waals surface area contributed by atoms with Crippen LogP contribution in [0.1, 0.15) is 5.56 Å². The molecule has 2 rings (SSSR count). The van der Waals surface area contributed by atoms with Gasteiger partial charge in [-0.15, -0.1) is 0 Å². The van der Waals surface area contributed by atoms with Crippen molar-refractivity contribution in [3.8, 4) is 11.1 Å². The molecule has 0 spiro atoms. The SMILES string of the molecule is N[C@@H](Cc1cc(Cl)ccc1-c1ccccc1)C(=O)O. The lowest BCUT2D eigenvalue weighted by molar-refractivity contribution is -0.138. The van der Waals surface area contributed by atoms with Crippen molar-refractivity contribution >= 4 is 17.6 Å². The highest BCUT2D eigenvalue weighted by molar-refractivity contribution is 6.30. The predicted octanol–water partition coefficient (Wildman–Crippen LogP) is 2.96. The first-order chi connectivity index (χ1) is 9.08. The van der Waals surface area contributed by atoms with Crippen molar-refractivity contribution in [1.82, 2.24) is 0 Å². The Labute approximate surface area is 116 Å². The smallest absolute Gasteiger partial charge is 0.320 e. The molecule has 0 heterocycles. The van der Waals surface area contributed by atoms with Crippen LogP contribution in [0.2, 0.25) is 5.02 Å². The number of aliphatic carboxylic acids is 1. The Morgan fingerprint density at radius 1 is 1.21 bits per heavy atom. The molecule has 0 fully saturated rings. The number of carboxylic acid groups (broad SMARTS) is 1. The molecule has 0 bridgehead atoms. The molecule has 19 heavy (non-hydrogen) atoms. The van der Waals surface area contributed by atoms with E-state index < -0.39 is 12.0 Å². The molecule has 3 N–H and O–H groups in total. The van der Waals surface area contributed by atoms with E-state index in [0.717, 1.165) is 16.7 Å². The van der Waals surface area contributed by atoms with Crippen LogP contribution in [0, 0.1) is 0 Å². The largest absolute Gasteiger partial charge is 0.480 e. The minimum atomic E-state index is -1.01. The van der Waals surface area contributed by atoms with Crippen LogP contribution >= 0.6 is 11.6 Å². The highest BCUT2D eigenvalue weighted by Gasteiger charge is 2.15. The number of carboxylic acids is 1. The van der Waals surface area contributed by atoms with Gasteiger partial charge in [0.25, 0.3) is 0 Å². The Hall–Kier alpha value is -1.84. The van der Waals surface area contributed by atoms with Gasteiger partial charge in [-0.1, -0.05) is 48.0 Å². The summed E-state index contributed by atoms with van der Waals surface area (Å²) in [7, 11) is 0. The van der Waals surface area contributed by atoms with E-state index in [-0.39, 0.29) is 6.42 Å². The number of halogens is 1. The molecule has 0 unspecified atom stereocenters. The van der Waals surface area contributed by atoms with E-state index in [4.69, 9.17) is 22.4 Å². The maximum absolute atomic E-state index is 10.9. The van der Waals surface area contributed by atoms with Gasteiger partial charge in [-0.3, -0.25) is 4.79 Å². The molecular formula is C15H14ClNO2. The summed E-state index contributed by atoms with van der Waals surface area (Å²) in [5.41, 5.74) is 8.42. The third-order valence-corrected chi connectivity index (χ3v) is 3.14. The van der Waals surface area contributed by atoms with Gasteiger partial charge in [0, 0.05) is 5.02 Å². The monoisotopic (exact) mass is 275 g/mol. The van der Waals surface area contributed by atoms with E-state index in [9.17, 15) is 4.79 Å². The second-order valence-electron chi connectivity index (χ2n) is 4.32. The summed E-state index contributed by atoms with van der Waals surface area (Å²) in [5, 5.41) is 9.49. The van der Waals surface area contributed by atoms with Gasteiger partial charge in [-0.05, 0) is 35.2 Å². The van der Waals surface area contributed by atoms with Gasteiger partial charge >= 0.3 is 5.97 Å². The normalized spacial score (nSPS) is 12.1. The van der Waals surface area contributed by atoms with E-state index in [0.29, 0.717) is 5.02 Å². The van der Waals surface area contributed by atoms with Gasteiger partial charge in [-0.25, -0.2) is 0 Å². The van der Waals surface area contributed by atoms with E-state index in [1.807, 2.05) is 36.4 Å². The van der Waals surface area contributed by atoms with Crippen LogP contribution in [0.3, 0.4) is 0 Å². The summed E-state index contributed by atoms with van der Waals surface area (Å²) < 4.78 is 0. The van der Waals surface area contributed by atoms with E-state index >= 15 is 0 Å². The Balaban J connectivity index is 2.41. The zero-order valence-corrected chi connectivity index (χ0v) is 11.0. The summed E-state index contributed by atoms with van der Waals surface area (Å²) in [5.74, 6) is -1.01. The number of hydrogen-bond acceptors (Lipinski definition) is 2. The van der Waals surface area contributed by atoms with E-state index in [2.05, 4.69) is 0 Å². The van der Waals surface area contributed by atoms with Gasteiger partial charge < -0.3 is 10.8 Å². The molecule has 0 aliphatic rings. The molecular weight excluding hydrogens is 262 g/mol. The first-order valence-electron chi connectivity index (χ1n) is 5.90. The van der Waals surface area contributed by atoms with Crippen molar-refractivity contribution in [1.29, 1.82) is 0 Å². The zero-order valence-electron chi connectivity index (χ0n) is 10.2. The Kier molecular flexibility index (Phi) is 4.20. The lowest BCUT2D eigenvalue weighted by atomic mass is 9.95. The van der Waals surface area contributed by atoms with E-state index in [1.165, 1.54) is 0 Å². The lowest BCUT2D eigenvalue weighted by Gasteiger charge is -2.12. The van der Waals surface area contributed by atoms with Gasteiger partial charge in [0.15, 0.2) is 0 Å². The van der Waals surface area contributed by atoms with Crippen LogP contribution < -0.4 is 5.73 Å². The van der Waals surface area contributed by atoms with E-state index in [1.54, 1.807) is 12.1 Å². The minimum absolute atomic E-state index is 0.250. The molecule has 0 aromatic heterocycles. The van der Waals surface area contributed by atoms with Gasteiger partial charge in [-0.2, -0.15) is 0 Å². The number of hydrogen-bond donors (Lipinski definition) is 2. The Morgan fingerprint density at radius 3 is 2.53 bits per heavy atom. The molecule has 1 atom stereocenters. The van der Waals surface area contributed by atoms with Crippen molar-refractivity contribution in [3.63, 3.8) is 0 Å². The fourth-order valence-corrected chi connectivity index (χ4v) is 2.15. The summed E-state index contributed by atoms with van der Waals surface area (Å²) in [6.45, 7) is 0. The maximum atomic E-state index is 10.9. The molecule has 0 radical (unpaired) electrons. The van der Waals surface area contributed by atoms with Crippen LogP contribution in [-0.2, 0) is 11.2 Å². The topological polar surface area (TPSA) is 63.3 Å². The number of nitrogens with two attached hydrogens (primary N) is 1. The highest BCUT2D eigenvalue weighted by Crippen LogP contribution is 2.27. The molecule has 4 heteroatoms. The minimum Gasteiger partial charge on any atom is -0.480 e. The number of carbonyl (C=O) groups is 1. The Morgan fingerprint density at radius 2 is 1.89 bits per heavy atom. The van der Waals surface area contributed by atoms with Crippen LogP contribution in [0.15, 0.2) is 48.5 Å². The fraction of sp³-hybridized carbons (Fsp3) is 0.133. The predicted molar refractivity (Wildman–Crippen MR) is 76.2 cm³/mol. The first-order valence-corrected chi connectivity index (χ1v) is 6.28. The van der Waals surface area contributed by atoms with Gasteiger partial charge in [0.05, 0.1) is 0 Å². The standard InChI is InChI=1S/C15H14ClNO2/c16-12-6-7-13(10-4-2-1-3-5-10)11(8-12)9-14(17)15(18)19/h1-8,14H,9,17H2,(H,18,19)/t14-/m0/s1. The molecule has 0 saturated heterocycles. The quantitative estimate of drug-likeness (QED) is 0.902. The highest BCUT2D eigenvalue weighted by atomic mass is 35.5. The number of benzene rings is 2. The second-order valence-corrected chi connectivity index (χ2v) is 4.75. The van der Waals surface area contributed by atoms with Crippen LogP contribution in [0.25, 0.3) is 11.1 Å². The zero-order chi connectivity index (χ0) is 13.8. The van der Waals surface area contributed by atoms with Crippen molar-refractivity contribution in [3.05, 3.63) is 59.1 Å².